The smallest absolute Gasteiger partial charge is 0.323 e. The van der Waals surface area contributed by atoms with Gasteiger partial charge < -0.3 is 9.64 Å². The van der Waals surface area contributed by atoms with E-state index in [1.807, 2.05) is 42.0 Å². The van der Waals surface area contributed by atoms with E-state index in [0.717, 1.165) is 37.1 Å². The number of nitrogens with one attached hydrogen (secondary N) is 1. The molecular weight excluding hydrogens is 320 g/mol. The third-order valence-corrected chi connectivity index (χ3v) is 4.52. The molecule has 1 N–H and O–H groups in total. The van der Waals surface area contributed by atoms with Crippen LogP contribution in [0.1, 0.15) is 30.1 Å². The number of aryl methyl sites for hydroxylation is 2. The third-order valence-electron chi connectivity index (χ3n) is 4.52. The van der Waals surface area contributed by atoms with Gasteiger partial charge in [-0.25, -0.2) is 4.79 Å². The molecule has 8 heteroatoms. The summed E-state index contributed by atoms with van der Waals surface area (Å²) in [6, 6.07) is 2.04. The standard InChI is InChI=1S/C17H26N6O2/c1-13-10-18-23(11-13)15-5-4-7-22(12-15)17(24)19-16-9-14(6-8-25-3)20-21(16)2/h9-11,15H,4-8,12H2,1-3H3,(H,19,24)/t15-/m0/s1. The van der Waals surface area contributed by atoms with Crippen molar-refractivity contribution >= 4 is 11.8 Å². The number of urea groups is 1. The summed E-state index contributed by atoms with van der Waals surface area (Å²) in [4.78, 5) is 14.5. The van der Waals surface area contributed by atoms with Crippen LogP contribution in [0.3, 0.4) is 0 Å². The van der Waals surface area contributed by atoms with Crippen LogP contribution in [0, 0.1) is 6.92 Å². The van der Waals surface area contributed by atoms with Crippen molar-refractivity contribution in [2.75, 3.05) is 32.1 Å². The molecule has 2 aromatic rings. The van der Waals surface area contributed by atoms with Crippen LogP contribution in [-0.2, 0) is 18.2 Å². The summed E-state index contributed by atoms with van der Waals surface area (Å²) in [5, 5.41) is 11.8. The molecule has 0 unspecified atom stereocenters. The lowest BCUT2D eigenvalue weighted by Gasteiger charge is -2.32. The lowest BCUT2D eigenvalue weighted by molar-refractivity contribution is 0.174. The molecule has 2 aromatic heterocycles. The fourth-order valence-corrected chi connectivity index (χ4v) is 3.15. The Labute approximate surface area is 147 Å². The lowest BCUT2D eigenvalue weighted by atomic mass is 10.1. The van der Waals surface area contributed by atoms with Gasteiger partial charge in [0.15, 0.2) is 0 Å². The first-order valence-electron chi connectivity index (χ1n) is 8.65. The molecule has 0 aliphatic carbocycles. The molecule has 2 amide bonds. The maximum Gasteiger partial charge on any atom is 0.323 e. The molecule has 8 nitrogen and oxygen atoms in total. The Morgan fingerprint density at radius 3 is 3.04 bits per heavy atom. The first kappa shape index (κ1) is 17.5. The maximum absolute atomic E-state index is 12.6. The Morgan fingerprint density at radius 2 is 2.32 bits per heavy atom. The monoisotopic (exact) mass is 346 g/mol. The highest BCUT2D eigenvalue weighted by Crippen LogP contribution is 2.22. The number of nitrogens with zero attached hydrogens (tertiary/aromatic N) is 5. The first-order chi connectivity index (χ1) is 12.1. The minimum Gasteiger partial charge on any atom is -0.384 e. The molecule has 0 radical (unpaired) electrons. The number of methoxy groups -OCH3 is 1. The number of ether oxygens (including phenoxy) is 1. The predicted octanol–water partition coefficient (Wildman–Crippen LogP) is 1.98. The zero-order valence-corrected chi connectivity index (χ0v) is 15.1. The Morgan fingerprint density at radius 1 is 1.48 bits per heavy atom. The van der Waals surface area contributed by atoms with E-state index in [2.05, 4.69) is 15.5 Å². The van der Waals surface area contributed by atoms with E-state index in [0.29, 0.717) is 19.0 Å². The van der Waals surface area contributed by atoms with Crippen LogP contribution < -0.4 is 5.32 Å². The number of aromatic nitrogens is 4. The summed E-state index contributed by atoms with van der Waals surface area (Å²) >= 11 is 0. The van der Waals surface area contributed by atoms with Gasteiger partial charge in [-0.15, -0.1) is 0 Å². The number of amides is 2. The molecular formula is C17H26N6O2. The predicted molar refractivity (Wildman–Crippen MR) is 94.6 cm³/mol. The number of hydrogen-bond donors (Lipinski definition) is 1. The summed E-state index contributed by atoms with van der Waals surface area (Å²) in [6.07, 6.45) is 6.63. The second-order valence-electron chi connectivity index (χ2n) is 6.56. The molecule has 0 saturated carbocycles. The normalized spacial score (nSPS) is 17.7. The van der Waals surface area contributed by atoms with Gasteiger partial charge in [-0.2, -0.15) is 10.2 Å². The first-order valence-corrected chi connectivity index (χ1v) is 8.65. The van der Waals surface area contributed by atoms with E-state index in [1.165, 1.54) is 0 Å². The van der Waals surface area contributed by atoms with Gasteiger partial charge in [0, 0.05) is 45.9 Å². The molecule has 1 saturated heterocycles. The molecule has 25 heavy (non-hydrogen) atoms. The highest BCUT2D eigenvalue weighted by atomic mass is 16.5. The van der Waals surface area contributed by atoms with Crippen molar-refractivity contribution in [3.05, 3.63) is 29.7 Å². The minimum atomic E-state index is -0.0881. The summed E-state index contributed by atoms with van der Waals surface area (Å²) in [6.45, 7) is 4.07. The van der Waals surface area contributed by atoms with Crippen molar-refractivity contribution in [3.63, 3.8) is 0 Å². The van der Waals surface area contributed by atoms with E-state index in [4.69, 9.17) is 4.74 Å². The lowest BCUT2D eigenvalue weighted by Crippen LogP contribution is -2.43. The van der Waals surface area contributed by atoms with Crippen LogP contribution in [0.15, 0.2) is 18.5 Å². The topological polar surface area (TPSA) is 77.2 Å². The maximum atomic E-state index is 12.6. The molecule has 3 heterocycles. The molecule has 136 valence electrons. The Hall–Kier alpha value is -2.35. The summed E-state index contributed by atoms with van der Waals surface area (Å²) < 4.78 is 8.74. The zero-order chi connectivity index (χ0) is 17.8. The van der Waals surface area contributed by atoms with Gasteiger partial charge in [0.1, 0.15) is 5.82 Å². The van der Waals surface area contributed by atoms with Crippen molar-refractivity contribution in [3.8, 4) is 0 Å². The quantitative estimate of drug-likeness (QED) is 0.898. The van der Waals surface area contributed by atoms with Gasteiger partial charge in [0.05, 0.1) is 24.5 Å². The largest absolute Gasteiger partial charge is 0.384 e. The Balaban J connectivity index is 1.62. The zero-order valence-electron chi connectivity index (χ0n) is 15.1. The number of anilines is 1. The summed E-state index contributed by atoms with van der Waals surface area (Å²) in [5.41, 5.74) is 2.04. The van der Waals surface area contributed by atoms with Crippen LogP contribution in [-0.4, -0.2) is 57.3 Å². The van der Waals surface area contributed by atoms with E-state index in [1.54, 1.807) is 11.8 Å². The van der Waals surface area contributed by atoms with Gasteiger partial charge in [0.25, 0.3) is 0 Å². The Kier molecular flexibility index (Phi) is 5.37. The molecule has 1 fully saturated rings. The van der Waals surface area contributed by atoms with Crippen molar-refractivity contribution in [2.45, 2.75) is 32.2 Å². The second-order valence-corrected chi connectivity index (χ2v) is 6.56. The number of rotatable bonds is 5. The van der Waals surface area contributed by atoms with Crippen LogP contribution >= 0.6 is 0 Å². The van der Waals surface area contributed by atoms with E-state index >= 15 is 0 Å². The highest BCUT2D eigenvalue weighted by Gasteiger charge is 2.25. The number of piperidine rings is 1. The van der Waals surface area contributed by atoms with E-state index in [-0.39, 0.29) is 12.1 Å². The van der Waals surface area contributed by atoms with Gasteiger partial charge in [-0.3, -0.25) is 14.7 Å². The molecule has 1 aliphatic heterocycles. The third kappa shape index (κ3) is 4.19. The van der Waals surface area contributed by atoms with Crippen LogP contribution in [0.4, 0.5) is 10.6 Å². The van der Waals surface area contributed by atoms with Crippen molar-refractivity contribution in [2.24, 2.45) is 7.05 Å². The number of carbonyl (C=O) groups is 1. The molecule has 0 spiro atoms. The summed E-state index contributed by atoms with van der Waals surface area (Å²) in [5.74, 6) is 0.702. The number of likely N-dealkylation sites (tertiary alicyclic amines) is 1. The molecule has 0 bridgehead atoms. The van der Waals surface area contributed by atoms with E-state index in [9.17, 15) is 4.79 Å². The number of hydrogen-bond acceptors (Lipinski definition) is 4. The molecule has 0 aromatic carbocycles. The van der Waals surface area contributed by atoms with Crippen molar-refractivity contribution in [1.82, 2.24) is 24.5 Å². The average Bonchev–Trinajstić information content (AvgIpc) is 3.19. The highest BCUT2D eigenvalue weighted by molar-refractivity contribution is 5.88. The SMILES string of the molecule is COCCc1cc(NC(=O)N2CCC[C@H](n3cc(C)cn3)C2)n(C)n1. The van der Waals surface area contributed by atoms with Gasteiger partial charge in [-0.05, 0) is 25.3 Å². The van der Waals surface area contributed by atoms with Gasteiger partial charge >= 0.3 is 6.03 Å². The molecule has 3 rings (SSSR count). The van der Waals surface area contributed by atoms with Crippen LogP contribution in [0.25, 0.3) is 0 Å². The molecule has 1 atom stereocenters. The van der Waals surface area contributed by atoms with Gasteiger partial charge in [-0.1, -0.05) is 0 Å². The van der Waals surface area contributed by atoms with Crippen LogP contribution in [0.5, 0.6) is 0 Å². The fraction of sp³-hybridized carbons (Fsp3) is 0.588. The fourth-order valence-electron chi connectivity index (χ4n) is 3.15. The molecule has 1 aliphatic rings. The van der Waals surface area contributed by atoms with E-state index < -0.39 is 0 Å². The van der Waals surface area contributed by atoms with Crippen molar-refractivity contribution in [1.29, 1.82) is 0 Å². The summed E-state index contributed by atoms with van der Waals surface area (Å²) in [7, 11) is 3.50. The van der Waals surface area contributed by atoms with Crippen molar-refractivity contribution < 1.29 is 9.53 Å². The number of carbonyl (C=O) groups excluding carboxylic acids is 1. The van der Waals surface area contributed by atoms with Crippen LogP contribution in [0.2, 0.25) is 0 Å². The average molecular weight is 346 g/mol. The minimum absolute atomic E-state index is 0.0881. The second kappa shape index (κ2) is 7.69. The Bertz CT molecular complexity index is 723. The van der Waals surface area contributed by atoms with Gasteiger partial charge in [0.2, 0.25) is 0 Å².